The maximum atomic E-state index is 12.2. The number of carbonyl (C=O) groups is 1. The molecule has 2 N–H and O–H groups in total. The zero-order valence-corrected chi connectivity index (χ0v) is 11.2. The summed E-state index contributed by atoms with van der Waals surface area (Å²) in [6.45, 7) is 3.05. The Balaban J connectivity index is 1.94. The van der Waals surface area contributed by atoms with Crippen LogP contribution in [0.25, 0.3) is 0 Å². The van der Waals surface area contributed by atoms with Crippen molar-refractivity contribution in [2.45, 2.75) is 44.7 Å². The van der Waals surface area contributed by atoms with E-state index in [1.54, 1.807) is 0 Å². The second-order valence-electron chi connectivity index (χ2n) is 5.84. The molecule has 0 spiro atoms. The monoisotopic (exact) mass is 276 g/mol. The third-order valence-corrected chi connectivity index (χ3v) is 4.43. The maximum Gasteiger partial charge on any atom is 0.307 e. The van der Waals surface area contributed by atoms with E-state index in [1.807, 2.05) is 0 Å². The van der Waals surface area contributed by atoms with Gasteiger partial charge in [0, 0.05) is 25.2 Å². The van der Waals surface area contributed by atoms with Crippen LogP contribution in [-0.4, -0.2) is 54.1 Å². The van der Waals surface area contributed by atoms with E-state index >= 15 is 0 Å². The third-order valence-electron chi connectivity index (χ3n) is 4.43. The molecule has 2 aliphatic rings. The number of halogens is 2. The van der Waals surface area contributed by atoms with Crippen LogP contribution in [0, 0.1) is 11.8 Å². The van der Waals surface area contributed by atoms with Gasteiger partial charge in [0.05, 0.1) is 12.5 Å². The van der Waals surface area contributed by atoms with Crippen molar-refractivity contribution >= 4 is 5.97 Å². The van der Waals surface area contributed by atoms with Crippen molar-refractivity contribution in [1.29, 1.82) is 0 Å². The molecule has 1 heterocycles. The van der Waals surface area contributed by atoms with Crippen LogP contribution in [0.2, 0.25) is 0 Å². The Morgan fingerprint density at radius 2 is 2.16 bits per heavy atom. The van der Waals surface area contributed by atoms with E-state index in [2.05, 4.69) is 17.1 Å². The van der Waals surface area contributed by atoms with Crippen LogP contribution in [-0.2, 0) is 4.79 Å². The summed E-state index contributed by atoms with van der Waals surface area (Å²) in [5.41, 5.74) is 0. The van der Waals surface area contributed by atoms with Crippen molar-refractivity contribution in [3.63, 3.8) is 0 Å². The molecule has 1 aliphatic carbocycles. The summed E-state index contributed by atoms with van der Waals surface area (Å²) in [5.74, 6) is -0.680. The van der Waals surface area contributed by atoms with Gasteiger partial charge in [-0.15, -0.1) is 0 Å². The van der Waals surface area contributed by atoms with Crippen LogP contribution >= 0.6 is 0 Å². The molecule has 4 nitrogen and oxygen atoms in total. The van der Waals surface area contributed by atoms with Crippen LogP contribution < -0.4 is 5.32 Å². The molecule has 0 aromatic heterocycles. The van der Waals surface area contributed by atoms with Crippen molar-refractivity contribution < 1.29 is 18.7 Å². The molecule has 1 aliphatic heterocycles. The van der Waals surface area contributed by atoms with Crippen molar-refractivity contribution in [2.75, 3.05) is 19.6 Å². The number of alkyl halides is 2. The standard InChI is InChI=1S/C13H22F2N2O2/c1-8-2-3-11(8)17-6-9(13(18)19)4-10(7-17)16-5-12(14)15/h8-12,16H,2-7H2,1H3,(H,18,19). The Labute approximate surface area is 112 Å². The van der Waals surface area contributed by atoms with Crippen molar-refractivity contribution in [3.05, 3.63) is 0 Å². The molecule has 0 amide bonds. The molecule has 110 valence electrons. The minimum absolute atomic E-state index is 0.142. The van der Waals surface area contributed by atoms with Crippen LogP contribution in [0.3, 0.4) is 0 Å². The van der Waals surface area contributed by atoms with Gasteiger partial charge in [0.15, 0.2) is 0 Å². The van der Waals surface area contributed by atoms with Crippen molar-refractivity contribution in [2.24, 2.45) is 11.8 Å². The Morgan fingerprint density at radius 1 is 1.42 bits per heavy atom. The van der Waals surface area contributed by atoms with Crippen LogP contribution in [0.15, 0.2) is 0 Å². The summed E-state index contributed by atoms with van der Waals surface area (Å²) in [6, 6.07) is 0.287. The van der Waals surface area contributed by atoms with E-state index in [1.165, 1.54) is 6.42 Å². The van der Waals surface area contributed by atoms with Gasteiger partial charge in [-0.3, -0.25) is 9.69 Å². The van der Waals surface area contributed by atoms with Gasteiger partial charge >= 0.3 is 5.97 Å². The van der Waals surface area contributed by atoms with E-state index in [0.29, 0.717) is 31.5 Å². The molecular formula is C13H22F2N2O2. The fourth-order valence-corrected chi connectivity index (χ4v) is 3.18. The van der Waals surface area contributed by atoms with Crippen LogP contribution in [0.5, 0.6) is 0 Å². The normalized spacial score (nSPS) is 36.2. The molecule has 0 bridgehead atoms. The lowest BCUT2D eigenvalue weighted by Gasteiger charge is -2.47. The third kappa shape index (κ3) is 3.63. The summed E-state index contributed by atoms with van der Waals surface area (Å²) >= 11 is 0. The number of nitrogens with zero attached hydrogens (tertiary/aromatic N) is 1. The highest BCUT2D eigenvalue weighted by molar-refractivity contribution is 5.70. The number of piperidine rings is 1. The number of likely N-dealkylation sites (tertiary alicyclic amines) is 1. The number of hydrogen-bond acceptors (Lipinski definition) is 3. The number of aliphatic carboxylic acids is 1. The van der Waals surface area contributed by atoms with E-state index in [-0.39, 0.29) is 12.6 Å². The minimum Gasteiger partial charge on any atom is -0.481 e. The first-order valence-electron chi connectivity index (χ1n) is 6.95. The Kier molecular flexibility index (Phi) is 4.73. The first-order chi connectivity index (χ1) is 8.97. The fraction of sp³-hybridized carbons (Fsp3) is 0.923. The Bertz CT molecular complexity index is 328. The molecule has 1 saturated heterocycles. The average molecular weight is 276 g/mol. The lowest BCUT2D eigenvalue weighted by Crippen LogP contribution is -2.58. The van der Waals surface area contributed by atoms with Gasteiger partial charge in [-0.1, -0.05) is 6.92 Å². The first-order valence-corrected chi connectivity index (χ1v) is 6.95. The maximum absolute atomic E-state index is 12.2. The van der Waals surface area contributed by atoms with Gasteiger partial charge in [0.1, 0.15) is 0 Å². The Morgan fingerprint density at radius 3 is 2.63 bits per heavy atom. The molecule has 2 rings (SSSR count). The molecule has 4 unspecified atom stereocenters. The lowest BCUT2D eigenvalue weighted by atomic mass is 9.78. The molecule has 2 fully saturated rings. The van der Waals surface area contributed by atoms with Gasteiger partial charge in [0.25, 0.3) is 6.43 Å². The van der Waals surface area contributed by atoms with Crippen molar-refractivity contribution in [3.8, 4) is 0 Å². The summed E-state index contributed by atoms with van der Waals surface area (Å²) < 4.78 is 24.5. The number of hydrogen-bond donors (Lipinski definition) is 2. The van der Waals surface area contributed by atoms with E-state index in [9.17, 15) is 18.7 Å². The van der Waals surface area contributed by atoms with E-state index in [4.69, 9.17) is 0 Å². The topological polar surface area (TPSA) is 52.6 Å². The number of carboxylic acids is 1. The van der Waals surface area contributed by atoms with Crippen LogP contribution in [0.1, 0.15) is 26.2 Å². The zero-order chi connectivity index (χ0) is 14.0. The highest BCUT2D eigenvalue weighted by Gasteiger charge is 2.39. The summed E-state index contributed by atoms with van der Waals surface area (Å²) in [5, 5.41) is 12.0. The van der Waals surface area contributed by atoms with Crippen molar-refractivity contribution in [1.82, 2.24) is 10.2 Å². The zero-order valence-electron chi connectivity index (χ0n) is 11.2. The molecule has 6 heteroatoms. The lowest BCUT2D eigenvalue weighted by molar-refractivity contribution is -0.145. The quantitative estimate of drug-likeness (QED) is 0.797. The van der Waals surface area contributed by atoms with Gasteiger partial charge < -0.3 is 10.4 Å². The largest absolute Gasteiger partial charge is 0.481 e. The predicted molar refractivity (Wildman–Crippen MR) is 67.3 cm³/mol. The average Bonchev–Trinajstić information content (AvgIpc) is 2.34. The minimum atomic E-state index is -2.39. The van der Waals surface area contributed by atoms with E-state index in [0.717, 1.165) is 6.42 Å². The van der Waals surface area contributed by atoms with Crippen LogP contribution in [0.4, 0.5) is 8.78 Å². The summed E-state index contributed by atoms with van der Waals surface area (Å²) in [7, 11) is 0. The smallest absolute Gasteiger partial charge is 0.307 e. The molecule has 0 aromatic carbocycles. The Hall–Kier alpha value is -0.750. The molecule has 19 heavy (non-hydrogen) atoms. The first kappa shape index (κ1) is 14.7. The number of rotatable bonds is 5. The number of carboxylic acid groups (broad SMARTS) is 1. The summed E-state index contributed by atoms with van der Waals surface area (Å²) in [6.07, 6.45) is 0.323. The van der Waals surface area contributed by atoms with E-state index < -0.39 is 18.3 Å². The molecular weight excluding hydrogens is 254 g/mol. The summed E-state index contributed by atoms with van der Waals surface area (Å²) in [4.78, 5) is 13.4. The number of nitrogens with one attached hydrogen (secondary N) is 1. The fourth-order valence-electron chi connectivity index (χ4n) is 3.18. The molecule has 1 saturated carbocycles. The highest BCUT2D eigenvalue weighted by Crippen LogP contribution is 2.34. The van der Waals surface area contributed by atoms with Gasteiger partial charge in [-0.2, -0.15) is 0 Å². The molecule has 4 atom stereocenters. The molecule has 0 radical (unpaired) electrons. The second-order valence-corrected chi connectivity index (χ2v) is 5.84. The SMILES string of the molecule is CC1CCC1N1CC(NCC(F)F)CC(C(=O)O)C1. The second kappa shape index (κ2) is 6.13. The highest BCUT2D eigenvalue weighted by atomic mass is 19.3. The predicted octanol–water partition coefficient (Wildman–Crippen LogP) is 1.41. The van der Waals surface area contributed by atoms with Gasteiger partial charge in [0.2, 0.25) is 0 Å². The van der Waals surface area contributed by atoms with Gasteiger partial charge in [-0.05, 0) is 25.2 Å². The van der Waals surface area contributed by atoms with Gasteiger partial charge in [-0.25, -0.2) is 8.78 Å². The molecule has 0 aromatic rings.